The van der Waals surface area contributed by atoms with Crippen LogP contribution in [0.4, 0.5) is 0 Å². The Morgan fingerprint density at radius 3 is 2.82 bits per heavy atom. The summed E-state index contributed by atoms with van der Waals surface area (Å²) in [7, 11) is -3.55. The van der Waals surface area contributed by atoms with Gasteiger partial charge in [0, 0.05) is 17.5 Å². The molecule has 0 N–H and O–H groups in total. The van der Waals surface area contributed by atoms with Gasteiger partial charge in [0.25, 0.3) is 0 Å². The third-order valence-corrected chi connectivity index (χ3v) is 5.07. The molecule has 0 spiro atoms. The molecule has 8 heteroatoms. The lowest BCUT2D eigenvalue weighted by atomic mass is 10.2. The van der Waals surface area contributed by atoms with Gasteiger partial charge in [-0.3, -0.25) is 0 Å². The summed E-state index contributed by atoms with van der Waals surface area (Å²) < 4.78 is 26.3. The Labute approximate surface area is 134 Å². The fraction of sp³-hybridized carbons (Fsp3) is 0.286. The molecule has 2 heterocycles. The molecule has 0 bridgehead atoms. The summed E-state index contributed by atoms with van der Waals surface area (Å²) in [5, 5.41) is 16.8. The Hall–Kier alpha value is -1.86. The quantitative estimate of drug-likeness (QED) is 0.631. The van der Waals surface area contributed by atoms with Crippen LogP contribution in [0.5, 0.6) is 0 Å². The number of rotatable bonds is 4. The summed E-state index contributed by atoms with van der Waals surface area (Å²) in [5.74, 6) is -0.133. The summed E-state index contributed by atoms with van der Waals surface area (Å²) in [5.41, 5.74) is 1.35. The maximum Gasteiger partial charge on any atom is 0.329 e. The van der Waals surface area contributed by atoms with Crippen molar-refractivity contribution in [1.82, 2.24) is 9.78 Å². The van der Waals surface area contributed by atoms with Gasteiger partial charge in [0.05, 0.1) is 18.1 Å². The number of sulfone groups is 1. The SMILES string of the molecule is CCS(=O)(=O)c1ccc[n+]([O-])c1-n1ncc(/C=C(/C)Cl)c1C. The van der Waals surface area contributed by atoms with E-state index in [9.17, 15) is 13.6 Å². The van der Waals surface area contributed by atoms with Crippen LogP contribution in [0.1, 0.15) is 25.1 Å². The van der Waals surface area contributed by atoms with Crippen molar-refractivity contribution in [2.75, 3.05) is 5.75 Å². The first kappa shape index (κ1) is 16.5. The molecule has 0 fully saturated rings. The average molecular weight is 342 g/mol. The van der Waals surface area contributed by atoms with Crippen LogP contribution in [0, 0.1) is 12.1 Å². The normalized spacial score (nSPS) is 12.6. The van der Waals surface area contributed by atoms with E-state index in [1.165, 1.54) is 36.1 Å². The molecule has 0 atom stereocenters. The monoisotopic (exact) mass is 341 g/mol. The minimum atomic E-state index is -3.55. The molecule has 0 unspecified atom stereocenters. The first-order chi connectivity index (χ1) is 10.3. The van der Waals surface area contributed by atoms with Crippen LogP contribution in [0.25, 0.3) is 11.9 Å². The van der Waals surface area contributed by atoms with Gasteiger partial charge < -0.3 is 5.21 Å². The smallest absolute Gasteiger partial charge is 0.329 e. The summed E-state index contributed by atoms with van der Waals surface area (Å²) in [6, 6.07) is 2.81. The third kappa shape index (κ3) is 3.00. The number of halogens is 1. The van der Waals surface area contributed by atoms with Crippen molar-refractivity contribution in [2.24, 2.45) is 0 Å². The van der Waals surface area contributed by atoms with Crippen molar-refractivity contribution in [3.63, 3.8) is 0 Å². The standard InChI is InChI=1S/C14H16ClN3O3S/c1-4-22(20,21)13-6-5-7-17(19)14(13)18-11(3)12(9-16-18)8-10(2)15/h5-9H,4H2,1-3H3/b10-8-. The Bertz CT molecular complexity index is 837. The molecule has 0 aromatic carbocycles. The van der Waals surface area contributed by atoms with E-state index in [1.54, 1.807) is 19.9 Å². The second kappa shape index (κ2) is 6.10. The number of aromatic nitrogens is 3. The number of pyridine rings is 1. The van der Waals surface area contributed by atoms with Crippen molar-refractivity contribution in [3.8, 4) is 5.82 Å². The highest BCUT2D eigenvalue weighted by atomic mass is 35.5. The lowest BCUT2D eigenvalue weighted by Gasteiger charge is -2.11. The lowest BCUT2D eigenvalue weighted by Crippen LogP contribution is -2.35. The van der Waals surface area contributed by atoms with Crippen LogP contribution in [-0.2, 0) is 9.84 Å². The van der Waals surface area contributed by atoms with Gasteiger partial charge >= 0.3 is 5.82 Å². The topological polar surface area (TPSA) is 78.9 Å². The van der Waals surface area contributed by atoms with Crippen LogP contribution in [-0.4, -0.2) is 24.0 Å². The molecule has 2 rings (SSSR count). The number of nitrogens with zero attached hydrogens (tertiary/aromatic N) is 3. The van der Waals surface area contributed by atoms with Crippen molar-refractivity contribution in [3.05, 3.63) is 46.0 Å². The molecule has 118 valence electrons. The van der Waals surface area contributed by atoms with Gasteiger partial charge in [-0.25, -0.2) is 13.1 Å². The van der Waals surface area contributed by atoms with Gasteiger partial charge in [-0.05, 0) is 25.1 Å². The van der Waals surface area contributed by atoms with E-state index in [0.717, 1.165) is 5.56 Å². The number of hydrogen-bond acceptors (Lipinski definition) is 4. The predicted octanol–water partition coefficient (Wildman–Crippen LogP) is 2.21. The minimum Gasteiger partial charge on any atom is -0.711 e. The summed E-state index contributed by atoms with van der Waals surface area (Å²) >= 11 is 5.86. The lowest BCUT2D eigenvalue weighted by molar-refractivity contribution is -0.602. The first-order valence-electron chi connectivity index (χ1n) is 6.61. The van der Waals surface area contributed by atoms with Gasteiger partial charge in [0.2, 0.25) is 0 Å². The molecule has 0 amide bonds. The van der Waals surface area contributed by atoms with E-state index in [2.05, 4.69) is 5.10 Å². The molecule has 6 nitrogen and oxygen atoms in total. The Balaban J connectivity index is 2.74. The average Bonchev–Trinajstić information content (AvgIpc) is 2.79. The van der Waals surface area contributed by atoms with Crippen molar-refractivity contribution < 1.29 is 13.1 Å². The van der Waals surface area contributed by atoms with Crippen molar-refractivity contribution in [1.29, 1.82) is 0 Å². The molecule has 0 radical (unpaired) electrons. The van der Waals surface area contributed by atoms with Gasteiger partial charge in [0.1, 0.15) is 5.69 Å². The van der Waals surface area contributed by atoms with Gasteiger partial charge in [-0.2, -0.15) is 0 Å². The fourth-order valence-corrected chi connectivity index (χ4v) is 3.22. The van der Waals surface area contributed by atoms with Gasteiger partial charge in [-0.15, -0.1) is 0 Å². The van der Waals surface area contributed by atoms with Gasteiger partial charge in [-0.1, -0.05) is 28.3 Å². The van der Waals surface area contributed by atoms with E-state index in [-0.39, 0.29) is 16.5 Å². The van der Waals surface area contributed by atoms with Crippen LogP contribution in [0.2, 0.25) is 0 Å². The van der Waals surface area contributed by atoms with Gasteiger partial charge in [0.15, 0.2) is 14.7 Å². The third-order valence-electron chi connectivity index (χ3n) is 3.22. The second-order valence-corrected chi connectivity index (χ2v) is 7.60. The summed E-state index contributed by atoms with van der Waals surface area (Å²) in [6.07, 6.45) is 4.48. The van der Waals surface area contributed by atoms with Crippen LogP contribution in [0.3, 0.4) is 0 Å². The Morgan fingerprint density at radius 2 is 2.23 bits per heavy atom. The Morgan fingerprint density at radius 1 is 1.55 bits per heavy atom. The maximum atomic E-state index is 12.2. The zero-order valence-corrected chi connectivity index (χ0v) is 14.0. The van der Waals surface area contributed by atoms with Crippen molar-refractivity contribution in [2.45, 2.75) is 25.7 Å². The molecule has 2 aromatic rings. The van der Waals surface area contributed by atoms with Crippen LogP contribution < -0.4 is 4.73 Å². The molecular formula is C14H16ClN3O3S. The fourth-order valence-electron chi connectivity index (χ4n) is 2.05. The molecular weight excluding hydrogens is 326 g/mol. The van der Waals surface area contributed by atoms with E-state index in [0.29, 0.717) is 15.5 Å². The first-order valence-corrected chi connectivity index (χ1v) is 8.64. The number of allylic oxidation sites excluding steroid dienone is 1. The molecule has 0 saturated carbocycles. The highest BCUT2D eigenvalue weighted by Gasteiger charge is 2.27. The Kier molecular flexibility index (Phi) is 4.58. The van der Waals surface area contributed by atoms with Crippen molar-refractivity contribution >= 4 is 27.5 Å². The molecule has 0 aliphatic carbocycles. The molecule has 0 aliphatic heterocycles. The highest BCUT2D eigenvalue weighted by molar-refractivity contribution is 7.91. The van der Waals surface area contributed by atoms with E-state index < -0.39 is 9.84 Å². The minimum absolute atomic E-state index is 0.0336. The zero-order chi connectivity index (χ0) is 16.5. The van der Waals surface area contributed by atoms with Crippen LogP contribution >= 0.6 is 11.6 Å². The summed E-state index contributed by atoms with van der Waals surface area (Å²) in [4.78, 5) is -0.0446. The number of hydrogen-bond donors (Lipinski definition) is 0. The maximum absolute atomic E-state index is 12.2. The molecule has 0 aliphatic rings. The molecule has 2 aromatic heterocycles. The second-order valence-electron chi connectivity index (χ2n) is 4.75. The van der Waals surface area contributed by atoms with E-state index in [1.807, 2.05) is 0 Å². The van der Waals surface area contributed by atoms with E-state index in [4.69, 9.17) is 11.6 Å². The zero-order valence-electron chi connectivity index (χ0n) is 12.4. The van der Waals surface area contributed by atoms with Crippen LogP contribution in [0.15, 0.2) is 34.5 Å². The molecule has 0 saturated heterocycles. The largest absolute Gasteiger partial charge is 0.711 e. The highest BCUT2D eigenvalue weighted by Crippen LogP contribution is 2.21. The predicted molar refractivity (Wildman–Crippen MR) is 84.5 cm³/mol. The molecule has 22 heavy (non-hydrogen) atoms. The van der Waals surface area contributed by atoms with E-state index >= 15 is 0 Å². The summed E-state index contributed by atoms with van der Waals surface area (Å²) in [6.45, 7) is 5.00.